The molecule has 8 nitrogen and oxygen atoms in total. The van der Waals surface area contributed by atoms with Gasteiger partial charge in [-0.05, 0) is 13.8 Å². The molecule has 0 aliphatic carbocycles. The van der Waals surface area contributed by atoms with Crippen LogP contribution in [0, 0.1) is 0 Å². The zero-order valence-corrected chi connectivity index (χ0v) is 11.6. The molecule has 3 N–H and O–H groups in total. The molecule has 0 radical (unpaired) electrons. The summed E-state index contributed by atoms with van der Waals surface area (Å²) in [6.45, 7) is 5.60. The minimum atomic E-state index is -1.07. The van der Waals surface area contributed by atoms with Crippen LogP contribution in [-0.4, -0.2) is 52.5 Å². The molecular formula is C12H20N4O4. The standard InChI is InChI=1S/C12H20N4O4/c1-9(2)20-6-4-14-12(19)13-3-5-16-7-10(11(17)18)15-8-16/h7-9H,3-6H2,1-2H3,(H,17,18)(H2,13,14,19). The van der Waals surface area contributed by atoms with Gasteiger partial charge in [0.05, 0.1) is 19.0 Å². The highest BCUT2D eigenvalue weighted by molar-refractivity contribution is 5.84. The number of carboxylic acids is 1. The van der Waals surface area contributed by atoms with Gasteiger partial charge in [-0.3, -0.25) is 0 Å². The van der Waals surface area contributed by atoms with E-state index in [1.807, 2.05) is 13.8 Å². The topological polar surface area (TPSA) is 105 Å². The number of ether oxygens (including phenoxy) is 1. The normalized spacial score (nSPS) is 10.6. The number of imidazole rings is 1. The molecule has 20 heavy (non-hydrogen) atoms. The molecular weight excluding hydrogens is 264 g/mol. The van der Waals surface area contributed by atoms with Gasteiger partial charge in [-0.25, -0.2) is 14.6 Å². The number of carbonyl (C=O) groups is 2. The number of urea groups is 1. The third-order valence-electron chi connectivity index (χ3n) is 2.35. The molecule has 8 heteroatoms. The van der Waals surface area contributed by atoms with E-state index in [1.54, 1.807) is 4.57 Å². The Bertz CT molecular complexity index is 444. The van der Waals surface area contributed by atoms with Crippen LogP contribution in [0.2, 0.25) is 0 Å². The molecule has 0 aromatic carbocycles. The zero-order chi connectivity index (χ0) is 15.0. The van der Waals surface area contributed by atoms with Crippen molar-refractivity contribution in [2.45, 2.75) is 26.5 Å². The van der Waals surface area contributed by atoms with Gasteiger partial charge >= 0.3 is 12.0 Å². The first-order valence-electron chi connectivity index (χ1n) is 6.37. The van der Waals surface area contributed by atoms with Crippen molar-refractivity contribution in [2.75, 3.05) is 19.7 Å². The molecule has 0 saturated heterocycles. The molecule has 1 aromatic rings. The monoisotopic (exact) mass is 284 g/mol. The molecule has 0 aliphatic rings. The summed E-state index contributed by atoms with van der Waals surface area (Å²) in [5.74, 6) is -1.07. The van der Waals surface area contributed by atoms with Gasteiger partial charge in [0.2, 0.25) is 0 Å². The molecule has 0 aliphatic heterocycles. The summed E-state index contributed by atoms with van der Waals surface area (Å²) < 4.78 is 6.88. The van der Waals surface area contributed by atoms with E-state index in [-0.39, 0.29) is 17.8 Å². The fraction of sp³-hybridized carbons (Fsp3) is 0.583. The van der Waals surface area contributed by atoms with E-state index >= 15 is 0 Å². The van der Waals surface area contributed by atoms with Gasteiger partial charge in [-0.2, -0.15) is 0 Å². The summed E-state index contributed by atoms with van der Waals surface area (Å²) in [7, 11) is 0. The van der Waals surface area contributed by atoms with Crippen molar-refractivity contribution in [2.24, 2.45) is 0 Å². The van der Waals surface area contributed by atoms with E-state index in [2.05, 4.69) is 15.6 Å². The highest BCUT2D eigenvalue weighted by Crippen LogP contribution is 1.95. The first kappa shape index (κ1) is 16.0. The van der Waals surface area contributed by atoms with Crippen LogP contribution in [0.4, 0.5) is 4.79 Å². The Morgan fingerprint density at radius 2 is 2.10 bits per heavy atom. The lowest BCUT2D eigenvalue weighted by Gasteiger charge is -2.09. The number of carbonyl (C=O) groups excluding carboxylic acids is 1. The quantitative estimate of drug-likeness (QED) is 0.596. The summed E-state index contributed by atoms with van der Waals surface area (Å²) in [6.07, 6.45) is 2.97. The fourth-order valence-electron chi connectivity index (χ4n) is 1.41. The van der Waals surface area contributed by atoms with Crippen molar-refractivity contribution < 1.29 is 19.4 Å². The van der Waals surface area contributed by atoms with E-state index in [9.17, 15) is 9.59 Å². The minimum Gasteiger partial charge on any atom is -0.476 e. The Hall–Kier alpha value is -2.09. The van der Waals surface area contributed by atoms with Gasteiger partial charge in [0.25, 0.3) is 0 Å². The van der Waals surface area contributed by atoms with E-state index in [0.717, 1.165) is 0 Å². The SMILES string of the molecule is CC(C)OCCNC(=O)NCCn1cnc(C(=O)O)c1. The molecule has 1 heterocycles. The number of aromatic carboxylic acids is 1. The first-order valence-corrected chi connectivity index (χ1v) is 6.37. The fourth-order valence-corrected chi connectivity index (χ4v) is 1.41. The van der Waals surface area contributed by atoms with Crippen molar-refractivity contribution >= 4 is 12.0 Å². The van der Waals surface area contributed by atoms with Gasteiger partial charge in [0.1, 0.15) is 0 Å². The lowest BCUT2D eigenvalue weighted by Crippen LogP contribution is -2.38. The molecule has 0 saturated carbocycles. The predicted molar refractivity (Wildman–Crippen MR) is 71.7 cm³/mol. The Kier molecular flexibility index (Phi) is 6.51. The van der Waals surface area contributed by atoms with Gasteiger partial charge < -0.3 is 25.0 Å². The van der Waals surface area contributed by atoms with Crippen LogP contribution < -0.4 is 10.6 Å². The van der Waals surface area contributed by atoms with E-state index in [0.29, 0.717) is 26.2 Å². The lowest BCUT2D eigenvalue weighted by molar-refractivity contribution is 0.0691. The summed E-state index contributed by atoms with van der Waals surface area (Å²) in [5.41, 5.74) is -0.0136. The van der Waals surface area contributed by atoms with Gasteiger partial charge in [-0.15, -0.1) is 0 Å². The Balaban J connectivity index is 2.13. The smallest absolute Gasteiger partial charge is 0.356 e. The van der Waals surface area contributed by atoms with E-state index < -0.39 is 5.97 Å². The molecule has 0 atom stereocenters. The van der Waals surface area contributed by atoms with Crippen molar-refractivity contribution in [1.82, 2.24) is 20.2 Å². The van der Waals surface area contributed by atoms with Crippen molar-refractivity contribution in [3.8, 4) is 0 Å². The highest BCUT2D eigenvalue weighted by Gasteiger charge is 2.06. The molecule has 112 valence electrons. The van der Waals surface area contributed by atoms with Crippen LogP contribution in [-0.2, 0) is 11.3 Å². The minimum absolute atomic E-state index is 0.0136. The second-order valence-corrected chi connectivity index (χ2v) is 4.40. The summed E-state index contributed by atoms with van der Waals surface area (Å²) in [5, 5.41) is 14.0. The van der Waals surface area contributed by atoms with Crippen molar-refractivity contribution in [3.63, 3.8) is 0 Å². The van der Waals surface area contributed by atoms with Crippen LogP contribution in [0.5, 0.6) is 0 Å². The van der Waals surface area contributed by atoms with Crippen molar-refractivity contribution in [3.05, 3.63) is 18.2 Å². The number of aromatic nitrogens is 2. The third kappa shape index (κ3) is 6.19. The zero-order valence-electron chi connectivity index (χ0n) is 11.6. The first-order chi connectivity index (χ1) is 9.49. The van der Waals surface area contributed by atoms with Gasteiger partial charge in [0, 0.05) is 25.8 Å². The molecule has 1 rings (SSSR count). The lowest BCUT2D eigenvalue weighted by atomic mass is 10.5. The third-order valence-corrected chi connectivity index (χ3v) is 2.35. The summed E-state index contributed by atoms with van der Waals surface area (Å²) in [6, 6.07) is -0.282. The van der Waals surface area contributed by atoms with Crippen LogP contribution >= 0.6 is 0 Å². The van der Waals surface area contributed by atoms with Crippen LogP contribution in [0.25, 0.3) is 0 Å². The molecule has 0 bridgehead atoms. The maximum absolute atomic E-state index is 11.4. The van der Waals surface area contributed by atoms with Gasteiger partial charge in [0.15, 0.2) is 5.69 Å². The summed E-state index contributed by atoms with van der Waals surface area (Å²) >= 11 is 0. The van der Waals surface area contributed by atoms with E-state index in [1.165, 1.54) is 12.5 Å². The second kappa shape index (κ2) is 8.16. The molecule has 2 amide bonds. The summed E-state index contributed by atoms with van der Waals surface area (Å²) in [4.78, 5) is 25.7. The maximum atomic E-state index is 11.4. The molecule has 1 aromatic heterocycles. The van der Waals surface area contributed by atoms with E-state index in [4.69, 9.17) is 9.84 Å². The molecule has 0 unspecified atom stereocenters. The van der Waals surface area contributed by atoms with Crippen LogP contribution in [0.15, 0.2) is 12.5 Å². The average Bonchev–Trinajstić information content (AvgIpc) is 2.83. The number of carboxylic acid groups (broad SMARTS) is 1. The number of hydrogen-bond donors (Lipinski definition) is 3. The average molecular weight is 284 g/mol. The number of nitrogens with zero attached hydrogens (tertiary/aromatic N) is 2. The van der Waals surface area contributed by atoms with Crippen molar-refractivity contribution in [1.29, 1.82) is 0 Å². The Morgan fingerprint density at radius 1 is 1.40 bits per heavy atom. The number of nitrogens with one attached hydrogen (secondary N) is 2. The maximum Gasteiger partial charge on any atom is 0.356 e. The van der Waals surface area contributed by atoms with Crippen LogP contribution in [0.1, 0.15) is 24.3 Å². The number of rotatable bonds is 8. The Morgan fingerprint density at radius 3 is 2.70 bits per heavy atom. The Labute approximate surface area is 117 Å². The molecule has 0 spiro atoms. The van der Waals surface area contributed by atoms with Gasteiger partial charge in [-0.1, -0.05) is 0 Å². The highest BCUT2D eigenvalue weighted by atomic mass is 16.5. The van der Waals surface area contributed by atoms with Crippen LogP contribution in [0.3, 0.4) is 0 Å². The number of hydrogen-bond acceptors (Lipinski definition) is 4. The largest absolute Gasteiger partial charge is 0.476 e. The second-order valence-electron chi connectivity index (χ2n) is 4.40. The predicted octanol–water partition coefficient (Wildman–Crippen LogP) is 0.306. The number of amides is 2. The molecule has 0 fully saturated rings.